The summed E-state index contributed by atoms with van der Waals surface area (Å²) in [4.78, 5) is 0.149. The van der Waals surface area contributed by atoms with Gasteiger partial charge in [0.15, 0.2) is 0 Å². The number of rotatable bonds is 5. The number of nitrogens with one attached hydrogen (secondary N) is 1. The first kappa shape index (κ1) is 14.7. The summed E-state index contributed by atoms with van der Waals surface area (Å²) < 4.78 is 27.4. The highest BCUT2D eigenvalue weighted by Crippen LogP contribution is 2.32. The van der Waals surface area contributed by atoms with Crippen molar-refractivity contribution >= 4 is 47.6 Å². The molecule has 0 aliphatic heterocycles. The van der Waals surface area contributed by atoms with Gasteiger partial charge in [-0.05, 0) is 50.4 Å². The van der Waals surface area contributed by atoms with Gasteiger partial charge in [-0.15, -0.1) is 6.58 Å². The van der Waals surface area contributed by atoms with Crippen molar-refractivity contribution in [1.29, 1.82) is 0 Å². The standard InChI is InChI=1S/C10H12Br2N2O2S/c1-2-3-4-14-17(15,16)10-8(11)5-7(13)6-9(10)12/h2,5-6,14H,1,3-4,13H2. The van der Waals surface area contributed by atoms with Crippen LogP contribution in [0.2, 0.25) is 0 Å². The third-order valence-electron chi connectivity index (χ3n) is 1.93. The lowest BCUT2D eigenvalue weighted by Crippen LogP contribution is -2.25. The van der Waals surface area contributed by atoms with Crippen LogP contribution in [0.1, 0.15) is 6.42 Å². The maximum Gasteiger partial charge on any atom is 0.242 e. The van der Waals surface area contributed by atoms with Crippen LogP contribution in [0.5, 0.6) is 0 Å². The zero-order chi connectivity index (χ0) is 13.1. The molecule has 94 valence electrons. The summed E-state index contributed by atoms with van der Waals surface area (Å²) in [7, 11) is -3.56. The Morgan fingerprint density at radius 1 is 1.35 bits per heavy atom. The summed E-state index contributed by atoms with van der Waals surface area (Å²) >= 11 is 6.39. The minimum Gasteiger partial charge on any atom is -0.399 e. The first-order valence-corrected chi connectivity index (χ1v) is 7.80. The van der Waals surface area contributed by atoms with Gasteiger partial charge >= 0.3 is 0 Å². The molecule has 0 saturated heterocycles. The summed E-state index contributed by atoms with van der Waals surface area (Å²) in [5.41, 5.74) is 6.09. The molecule has 0 fully saturated rings. The molecule has 3 N–H and O–H groups in total. The summed E-state index contributed by atoms with van der Waals surface area (Å²) in [5, 5.41) is 0. The number of nitrogen functional groups attached to an aromatic ring is 1. The van der Waals surface area contributed by atoms with Gasteiger partial charge in [-0.25, -0.2) is 13.1 Å². The Morgan fingerprint density at radius 3 is 2.35 bits per heavy atom. The number of nitrogens with two attached hydrogens (primary N) is 1. The van der Waals surface area contributed by atoms with Crippen molar-refractivity contribution in [3.63, 3.8) is 0 Å². The van der Waals surface area contributed by atoms with E-state index in [0.29, 0.717) is 27.6 Å². The molecule has 4 nitrogen and oxygen atoms in total. The molecule has 1 aromatic rings. The van der Waals surface area contributed by atoms with E-state index in [0.717, 1.165) is 0 Å². The summed E-state index contributed by atoms with van der Waals surface area (Å²) in [5.74, 6) is 0. The maximum absolute atomic E-state index is 12.0. The van der Waals surface area contributed by atoms with Crippen molar-refractivity contribution in [2.45, 2.75) is 11.3 Å². The van der Waals surface area contributed by atoms with Gasteiger partial charge in [0.05, 0.1) is 0 Å². The van der Waals surface area contributed by atoms with Crippen molar-refractivity contribution in [2.75, 3.05) is 12.3 Å². The van der Waals surface area contributed by atoms with Crippen LogP contribution in [-0.4, -0.2) is 15.0 Å². The van der Waals surface area contributed by atoms with Gasteiger partial charge in [-0.3, -0.25) is 0 Å². The molecule has 0 saturated carbocycles. The fraction of sp³-hybridized carbons (Fsp3) is 0.200. The molecule has 0 unspecified atom stereocenters. The number of benzene rings is 1. The number of sulfonamides is 1. The Kier molecular flexibility index (Phi) is 5.18. The molecule has 1 aromatic carbocycles. The Hall–Kier alpha value is -0.370. The largest absolute Gasteiger partial charge is 0.399 e. The quantitative estimate of drug-likeness (QED) is 0.466. The Morgan fingerprint density at radius 2 is 1.88 bits per heavy atom. The van der Waals surface area contributed by atoms with Crippen molar-refractivity contribution in [3.8, 4) is 0 Å². The van der Waals surface area contributed by atoms with Gasteiger partial charge in [0.1, 0.15) is 4.90 Å². The molecule has 0 bridgehead atoms. The summed E-state index contributed by atoms with van der Waals surface area (Å²) in [6.07, 6.45) is 2.22. The van der Waals surface area contributed by atoms with Crippen LogP contribution in [0.25, 0.3) is 0 Å². The fourth-order valence-electron chi connectivity index (χ4n) is 1.20. The summed E-state index contributed by atoms with van der Waals surface area (Å²) in [6.45, 7) is 3.84. The van der Waals surface area contributed by atoms with Crippen LogP contribution >= 0.6 is 31.9 Å². The van der Waals surface area contributed by atoms with E-state index < -0.39 is 10.0 Å². The average Bonchev–Trinajstić information content (AvgIpc) is 2.15. The summed E-state index contributed by atoms with van der Waals surface area (Å²) in [6, 6.07) is 3.10. The normalized spacial score (nSPS) is 11.4. The molecule has 1 rings (SSSR count). The number of halogens is 2. The number of anilines is 1. The van der Waals surface area contributed by atoms with E-state index in [1.54, 1.807) is 18.2 Å². The van der Waals surface area contributed by atoms with E-state index in [-0.39, 0.29) is 4.90 Å². The molecule has 7 heteroatoms. The zero-order valence-electron chi connectivity index (χ0n) is 8.91. The van der Waals surface area contributed by atoms with Crippen molar-refractivity contribution in [3.05, 3.63) is 33.7 Å². The third-order valence-corrected chi connectivity index (χ3v) is 5.27. The maximum atomic E-state index is 12.0. The van der Waals surface area contributed by atoms with Gasteiger partial charge in [-0.1, -0.05) is 6.08 Å². The predicted molar refractivity (Wildman–Crippen MR) is 76.3 cm³/mol. The second-order valence-corrected chi connectivity index (χ2v) is 6.70. The van der Waals surface area contributed by atoms with E-state index in [2.05, 4.69) is 43.2 Å². The first-order chi connectivity index (χ1) is 7.88. The molecule has 0 aromatic heterocycles. The molecular weight excluding hydrogens is 372 g/mol. The van der Waals surface area contributed by atoms with Crippen LogP contribution in [-0.2, 0) is 10.0 Å². The van der Waals surface area contributed by atoms with Gasteiger partial charge in [0, 0.05) is 21.2 Å². The number of hydrogen-bond acceptors (Lipinski definition) is 3. The fourth-order valence-corrected chi connectivity index (χ4v) is 4.87. The topological polar surface area (TPSA) is 72.2 Å². The first-order valence-electron chi connectivity index (χ1n) is 4.73. The monoisotopic (exact) mass is 382 g/mol. The van der Waals surface area contributed by atoms with Crippen LogP contribution in [0.3, 0.4) is 0 Å². The highest BCUT2D eigenvalue weighted by atomic mass is 79.9. The minimum absolute atomic E-state index is 0.149. The van der Waals surface area contributed by atoms with Crippen LogP contribution in [0.4, 0.5) is 5.69 Å². The van der Waals surface area contributed by atoms with Crippen molar-refractivity contribution in [2.24, 2.45) is 0 Å². The van der Waals surface area contributed by atoms with Gasteiger partial charge in [0.2, 0.25) is 10.0 Å². The van der Waals surface area contributed by atoms with Crippen LogP contribution in [0.15, 0.2) is 38.6 Å². The van der Waals surface area contributed by atoms with Crippen molar-refractivity contribution < 1.29 is 8.42 Å². The third kappa shape index (κ3) is 3.80. The Labute approximate surface area is 118 Å². The molecular formula is C10H12Br2N2O2S. The average molecular weight is 384 g/mol. The van der Waals surface area contributed by atoms with Crippen LogP contribution < -0.4 is 10.5 Å². The number of hydrogen-bond donors (Lipinski definition) is 2. The molecule has 17 heavy (non-hydrogen) atoms. The highest BCUT2D eigenvalue weighted by Gasteiger charge is 2.20. The van der Waals surface area contributed by atoms with E-state index in [4.69, 9.17) is 5.73 Å². The molecule has 0 aliphatic rings. The minimum atomic E-state index is -3.56. The molecule has 0 amide bonds. The van der Waals surface area contributed by atoms with E-state index >= 15 is 0 Å². The lowest BCUT2D eigenvalue weighted by molar-refractivity contribution is 0.581. The SMILES string of the molecule is C=CCCNS(=O)(=O)c1c(Br)cc(N)cc1Br. The molecule has 0 heterocycles. The molecule has 0 aliphatic carbocycles. The van der Waals surface area contributed by atoms with E-state index in [9.17, 15) is 8.42 Å². The second-order valence-electron chi connectivity index (χ2n) is 3.29. The van der Waals surface area contributed by atoms with Crippen LogP contribution in [0, 0.1) is 0 Å². The predicted octanol–water partition coefficient (Wildman–Crippen LogP) is 2.65. The van der Waals surface area contributed by atoms with Gasteiger partial charge < -0.3 is 5.73 Å². The lowest BCUT2D eigenvalue weighted by atomic mass is 10.3. The molecule has 0 atom stereocenters. The van der Waals surface area contributed by atoms with Crippen molar-refractivity contribution in [1.82, 2.24) is 4.72 Å². The molecule has 0 spiro atoms. The van der Waals surface area contributed by atoms with E-state index in [1.165, 1.54) is 0 Å². The smallest absolute Gasteiger partial charge is 0.242 e. The second kappa shape index (κ2) is 5.99. The van der Waals surface area contributed by atoms with Gasteiger partial charge in [0.25, 0.3) is 0 Å². The Balaban J connectivity index is 3.11. The van der Waals surface area contributed by atoms with E-state index in [1.807, 2.05) is 0 Å². The highest BCUT2D eigenvalue weighted by molar-refractivity contribution is 9.11. The zero-order valence-corrected chi connectivity index (χ0v) is 12.9. The Bertz CT molecular complexity index is 506. The molecule has 0 radical (unpaired) electrons. The van der Waals surface area contributed by atoms with Gasteiger partial charge in [-0.2, -0.15) is 0 Å². The lowest BCUT2D eigenvalue weighted by Gasteiger charge is -2.10.